The molecule has 0 unspecified atom stereocenters. The predicted octanol–water partition coefficient (Wildman–Crippen LogP) is 2.53. The molecular formula is C13H12INO2. The maximum Gasteiger partial charge on any atom is 0.250 e. The van der Waals surface area contributed by atoms with Crippen LogP contribution in [0.2, 0.25) is 0 Å². The van der Waals surface area contributed by atoms with Crippen molar-refractivity contribution < 1.29 is 4.74 Å². The maximum atomic E-state index is 11.4. The summed E-state index contributed by atoms with van der Waals surface area (Å²) in [6.45, 7) is 1.05. The predicted molar refractivity (Wildman–Crippen MR) is 75.4 cm³/mol. The Balaban J connectivity index is 1.95. The minimum atomic E-state index is -0.00106. The average molecular weight is 341 g/mol. The molecule has 3 nitrogen and oxygen atoms in total. The number of para-hydroxylation sites is 1. The summed E-state index contributed by atoms with van der Waals surface area (Å²) < 4.78 is 8.34. The largest absolute Gasteiger partial charge is 0.491 e. The van der Waals surface area contributed by atoms with Crippen LogP contribution in [0, 0.1) is 3.57 Å². The van der Waals surface area contributed by atoms with Crippen molar-refractivity contribution in [2.45, 2.75) is 6.54 Å². The fourth-order valence-corrected chi connectivity index (χ4v) is 2.00. The molecule has 0 atom stereocenters. The van der Waals surface area contributed by atoms with Crippen LogP contribution in [0.4, 0.5) is 0 Å². The van der Waals surface area contributed by atoms with Crippen LogP contribution in [0.1, 0.15) is 0 Å². The number of nitrogens with zero attached hydrogens (tertiary/aromatic N) is 1. The normalized spacial score (nSPS) is 10.2. The van der Waals surface area contributed by atoms with Gasteiger partial charge in [-0.25, -0.2) is 0 Å². The summed E-state index contributed by atoms with van der Waals surface area (Å²) in [7, 11) is 0. The zero-order valence-corrected chi connectivity index (χ0v) is 11.3. The third-order valence-electron chi connectivity index (χ3n) is 2.33. The lowest BCUT2D eigenvalue weighted by molar-refractivity contribution is 0.294. The summed E-state index contributed by atoms with van der Waals surface area (Å²) >= 11 is 2.23. The van der Waals surface area contributed by atoms with E-state index in [-0.39, 0.29) is 5.56 Å². The van der Waals surface area contributed by atoms with E-state index in [0.717, 1.165) is 9.32 Å². The highest BCUT2D eigenvalue weighted by Gasteiger charge is 1.99. The molecule has 4 heteroatoms. The van der Waals surface area contributed by atoms with Gasteiger partial charge in [0.25, 0.3) is 5.56 Å². The first-order valence-corrected chi connectivity index (χ1v) is 6.38. The van der Waals surface area contributed by atoms with Gasteiger partial charge in [-0.15, -0.1) is 0 Å². The summed E-state index contributed by atoms with van der Waals surface area (Å²) in [6, 6.07) is 12.9. The summed E-state index contributed by atoms with van der Waals surface area (Å²) in [5.41, 5.74) is -0.00106. The molecular weight excluding hydrogens is 329 g/mol. The molecule has 2 aromatic rings. The number of benzene rings is 1. The lowest BCUT2D eigenvalue weighted by atomic mass is 10.3. The van der Waals surface area contributed by atoms with E-state index in [9.17, 15) is 4.79 Å². The molecule has 1 heterocycles. The van der Waals surface area contributed by atoms with E-state index in [1.165, 1.54) is 0 Å². The number of hydrogen-bond donors (Lipinski definition) is 0. The minimum absolute atomic E-state index is 0.00106. The Morgan fingerprint density at radius 2 is 1.88 bits per heavy atom. The van der Waals surface area contributed by atoms with E-state index in [0.29, 0.717) is 13.2 Å². The number of halogens is 1. The van der Waals surface area contributed by atoms with Gasteiger partial charge in [-0.2, -0.15) is 0 Å². The van der Waals surface area contributed by atoms with Crippen molar-refractivity contribution in [1.82, 2.24) is 4.57 Å². The summed E-state index contributed by atoms with van der Waals surface area (Å²) in [5, 5.41) is 0. The molecule has 0 saturated heterocycles. The Morgan fingerprint density at radius 1 is 1.12 bits per heavy atom. The molecule has 1 aromatic carbocycles. The Morgan fingerprint density at radius 3 is 2.65 bits per heavy atom. The van der Waals surface area contributed by atoms with Crippen molar-refractivity contribution in [2.24, 2.45) is 0 Å². The molecule has 2 rings (SSSR count). The topological polar surface area (TPSA) is 31.2 Å². The van der Waals surface area contributed by atoms with Crippen molar-refractivity contribution >= 4 is 22.6 Å². The third kappa shape index (κ3) is 3.33. The van der Waals surface area contributed by atoms with E-state index in [4.69, 9.17) is 4.74 Å². The van der Waals surface area contributed by atoms with E-state index in [2.05, 4.69) is 22.6 Å². The fraction of sp³-hybridized carbons (Fsp3) is 0.154. The second-order valence-electron chi connectivity index (χ2n) is 3.51. The van der Waals surface area contributed by atoms with Crippen LogP contribution in [0.15, 0.2) is 53.5 Å². The smallest absolute Gasteiger partial charge is 0.250 e. The number of hydrogen-bond acceptors (Lipinski definition) is 2. The Bertz CT molecular complexity index is 551. The lowest BCUT2D eigenvalue weighted by Crippen LogP contribution is -2.21. The first-order chi connectivity index (χ1) is 8.27. The first-order valence-electron chi connectivity index (χ1n) is 5.30. The highest BCUT2D eigenvalue weighted by molar-refractivity contribution is 14.1. The molecule has 88 valence electrons. The zero-order valence-electron chi connectivity index (χ0n) is 9.17. The van der Waals surface area contributed by atoms with Gasteiger partial charge < -0.3 is 9.30 Å². The minimum Gasteiger partial charge on any atom is -0.491 e. The van der Waals surface area contributed by atoms with Gasteiger partial charge in [0, 0.05) is 12.3 Å². The highest BCUT2D eigenvalue weighted by atomic mass is 127. The van der Waals surface area contributed by atoms with Gasteiger partial charge >= 0.3 is 0 Å². The van der Waals surface area contributed by atoms with Crippen LogP contribution in [-0.4, -0.2) is 11.2 Å². The molecule has 0 spiro atoms. The van der Waals surface area contributed by atoms with E-state index >= 15 is 0 Å². The Hall–Kier alpha value is -1.30. The Kier molecular flexibility index (Phi) is 4.19. The van der Waals surface area contributed by atoms with Crippen LogP contribution >= 0.6 is 22.6 Å². The number of pyridine rings is 1. The number of aromatic nitrogens is 1. The fourth-order valence-electron chi connectivity index (χ4n) is 1.46. The highest BCUT2D eigenvalue weighted by Crippen LogP contribution is 2.19. The second kappa shape index (κ2) is 5.86. The molecule has 17 heavy (non-hydrogen) atoms. The quantitative estimate of drug-likeness (QED) is 0.801. The van der Waals surface area contributed by atoms with Crippen molar-refractivity contribution in [2.75, 3.05) is 6.61 Å². The van der Waals surface area contributed by atoms with Gasteiger partial charge in [0.1, 0.15) is 12.4 Å². The van der Waals surface area contributed by atoms with Crippen LogP contribution in [-0.2, 0) is 6.54 Å². The monoisotopic (exact) mass is 341 g/mol. The van der Waals surface area contributed by atoms with Crippen molar-refractivity contribution in [3.63, 3.8) is 0 Å². The van der Waals surface area contributed by atoms with Crippen LogP contribution in [0.25, 0.3) is 0 Å². The molecule has 0 N–H and O–H groups in total. The molecule has 0 aliphatic rings. The van der Waals surface area contributed by atoms with E-state index < -0.39 is 0 Å². The van der Waals surface area contributed by atoms with Crippen molar-refractivity contribution in [3.8, 4) is 5.75 Å². The second-order valence-corrected chi connectivity index (χ2v) is 4.67. The molecule has 0 fully saturated rings. The van der Waals surface area contributed by atoms with Crippen molar-refractivity contribution in [3.05, 3.63) is 62.6 Å². The van der Waals surface area contributed by atoms with Gasteiger partial charge in [0.05, 0.1) is 10.1 Å². The molecule has 0 aliphatic carbocycles. The zero-order chi connectivity index (χ0) is 12.1. The van der Waals surface area contributed by atoms with Crippen LogP contribution in [0.3, 0.4) is 0 Å². The van der Waals surface area contributed by atoms with Gasteiger partial charge in [0.15, 0.2) is 0 Å². The number of ether oxygens (including phenoxy) is 1. The summed E-state index contributed by atoms with van der Waals surface area (Å²) in [5.74, 6) is 0.858. The Labute approximate surface area is 113 Å². The standard InChI is InChI=1S/C13H12INO2/c14-11-5-1-2-6-12(11)17-10-9-15-8-4-3-7-13(15)16/h1-8H,9-10H2. The van der Waals surface area contributed by atoms with Gasteiger partial charge in [-0.05, 0) is 40.8 Å². The molecule has 0 saturated carbocycles. The van der Waals surface area contributed by atoms with Gasteiger partial charge in [-0.1, -0.05) is 18.2 Å². The van der Waals surface area contributed by atoms with Crippen LogP contribution < -0.4 is 10.3 Å². The third-order valence-corrected chi connectivity index (χ3v) is 3.22. The lowest BCUT2D eigenvalue weighted by Gasteiger charge is -2.09. The van der Waals surface area contributed by atoms with Crippen molar-refractivity contribution in [1.29, 1.82) is 0 Å². The number of rotatable bonds is 4. The molecule has 0 aliphatic heterocycles. The summed E-state index contributed by atoms with van der Waals surface area (Å²) in [6.07, 6.45) is 1.77. The molecule has 0 amide bonds. The summed E-state index contributed by atoms with van der Waals surface area (Å²) in [4.78, 5) is 11.4. The maximum absolute atomic E-state index is 11.4. The molecule has 0 radical (unpaired) electrons. The average Bonchev–Trinajstić information content (AvgIpc) is 2.34. The molecule has 0 bridgehead atoms. The van der Waals surface area contributed by atoms with Gasteiger partial charge in [-0.3, -0.25) is 4.79 Å². The van der Waals surface area contributed by atoms with Gasteiger partial charge in [0.2, 0.25) is 0 Å². The van der Waals surface area contributed by atoms with E-state index in [1.54, 1.807) is 22.9 Å². The molecule has 1 aromatic heterocycles. The SMILES string of the molecule is O=c1ccccn1CCOc1ccccc1I. The van der Waals surface area contributed by atoms with Crippen LogP contribution in [0.5, 0.6) is 5.75 Å². The first kappa shape index (κ1) is 12.2. The van der Waals surface area contributed by atoms with E-state index in [1.807, 2.05) is 30.3 Å².